The summed E-state index contributed by atoms with van der Waals surface area (Å²) in [7, 11) is 0. The number of aromatic nitrogens is 4. The SMILES string of the molecule is O=C(CCc1ccc(C(F)(F)F)cc1)NCc1cn(-c2ccncc2)nn1. The Bertz CT molecular complexity index is 891. The van der Waals surface area contributed by atoms with Crippen LogP contribution in [0.2, 0.25) is 0 Å². The number of hydrogen-bond acceptors (Lipinski definition) is 4. The van der Waals surface area contributed by atoms with Gasteiger partial charge in [0.1, 0.15) is 5.69 Å². The summed E-state index contributed by atoms with van der Waals surface area (Å²) < 4.78 is 39.2. The molecule has 3 aromatic rings. The summed E-state index contributed by atoms with van der Waals surface area (Å²) in [4.78, 5) is 15.9. The first kappa shape index (κ1) is 18.6. The molecule has 140 valence electrons. The van der Waals surface area contributed by atoms with Crippen LogP contribution in [0, 0.1) is 0 Å². The van der Waals surface area contributed by atoms with Gasteiger partial charge in [-0.3, -0.25) is 9.78 Å². The zero-order chi connectivity index (χ0) is 19.3. The molecule has 0 saturated heterocycles. The van der Waals surface area contributed by atoms with Gasteiger partial charge in [0.05, 0.1) is 24.0 Å². The minimum Gasteiger partial charge on any atom is -0.350 e. The number of aryl methyl sites for hydroxylation is 1. The lowest BCUT2D eigenvalue weighted by atomic mass is 10.1. The van der Waals surface area contributed by atoms with Crippen molar-refractivity contribution < 1.29 is 18.0 Å². The molecule has 1 N–H and O–H groups in total. The molecule has 0 aliphatic heterocycles. The number of pyridine rings is 1. The van der Waals surface area contributed by atoms with Crippen LogP contribution >= 0.6 is 0 Å². The molecule has 0 unspecified atom stereocenters. The van der Waals surface area contributed by atoms with Crippen molar-refractivity contribution in [3.05, 3.63) is 71.8 Å². The maximum atomic E-state index is 12.5. The lowest BCUT2D eigenvalue weighted by Crippen LogP contribution is -2.23. The highest BCUT2D eigenvalue weighted by Gasteiger charge is 2.29. The van der Waals surface area contributed by atoms with E-state index in [1.807, 2.05) is 0 Å². The van der Waals surface area contributed by atoms with Gasteiger partial charge in [-0.25, -0.2) is 4.68 Å². The van der Waals surface area contributed by atoms with Crippen molar-refractivity contribution in [2.45, 2.75) is 25.6 Å². The highest BCUT2D eigenvalue weighted by atomic mass is 19.4. The molecule has 3 rings (SSSR count). The highest BCUT2D eigenvalue weighted by molar-refractivity contribution is 5.76. The summed E-state index contributed by atoms with van der Waals surface area (Å²) in [6.45, 7) is 0.219. The maximum Gasteiger partial charge on any atom is 0.416 e. The molecule has 0 spiro atoms. The van der Waals surface area contributed by atoms with E-state index in [0.29, 0.717) is 17.7 Å². The molecule has 0 radical (unpaired) electrons. The Labute approximate surface area is 153 Å². The third-order valence-corrected chi connectivity index (χ3v) is 3.86. The molecule has 6 nitrogen and oxygen atoms in total. The van der Waals surface area contributed by atoms with Crippen LogP contribution < -0.4 is 5.32 Å². The van der Waals surface area contributed by atoms with Crippen LogP contribution in [-0.4, -0.2) is 25.9 Å². The second kappa shape index (κ2) is 7.98. The predicted molar refractivity (Wildman–Crippen MR) is 90.8 cm³/mol. The third-order valence-electron chi connectivity index (χ3n) is 3.86. The van der Waals surface area contributed by atoms with Crippen molar-refractivity contribution in [1.82, 2.24) is 25.3 Å². The van der Waals surface area contributed by atoms with Crippen molar-refractivity contribution in [2.75, 3.05) is 0 Å². The fourth-order valence-corrected chi connectivity index (χ4v) is 2.40. The van der Waals surface area contributed by atoms with Crippen LogP contribution in [0.1, 0.15) is 23.2 Å². The second-order valence-corrected chi connectivity index (χ2v) is 5.83. The normalized spacial score (nSPS) is 11.4. The van der Waals surface area contributed by atoms with Crippen molar-refractivity contribution >= 4 is 5.91 Å². The lowest BCUT2D eigenvalue weighted by molar-refractivity contribution is -0.137. The molecule has 27 heavy (non-hydrogen) atoms. The van der Waals surface area contributed by atoms with Gasteiger partial charge >= 0.3 is 6.18 Å². The number of nitrogens with zero attached hydrogens (tertiary/aromatic N) is 4. The summed E-state index contributed by atoms with van der Waals surface area (Å²) >= 11 is 0. The molecule has 1 aromatic carbocycles. The zero-order valence-electron chi connectivity index (χ0n) is 14.1. The van der Waals surface area contributed by atoms with Gasteiger partial charge in [-0.1, -0.05) is 17.3 Å². The Morgan fingerprint density at radius 3 is 2.44 bits per heavy atom. The van der Waals surface area contributed by atoms with Gasteiger partial charge < -0.3 is 5.32 Å². The van der Waals surface area contributed by atoms with E-state index >= 15 is 0 Å². The van der Waals surface area contributed by atoms with Crippen LogP contribution in [0.25, 0.3) is 5.69 Å². The number of carbonyl (C=O) groups excluding carboxylic acids is 1. The van der Waals surface area contributed by atoms with E-state index in [0.717, 1.165) is 17.8 Å². The molecule has 0 aliphatic rings. The van der Waals surface area contributed by atoms with E-state index in [1.54, 1.807) is 35.4 Å². The number of alkyl halides is 3. The van der Waals surface area contributed by atoms with Gasteiger partial charge in [0, 0.05) is 18.8 Å². The van der Waals surface area contributed by atoms with Gasteiger partial charge in [-0.05, 0) is 36.2 Å². The Balaban J connectivity index is 1.47. The minimum atomic E-state index is -4.36. The average molecular weight is 375 g/mol. The maximum absolute atomic E-state index is 12.5. The first-order valence-corrected chi connectivity index (χ1v) is 8.16. The molecular formula is C18H16F3N5O. The van der Waals surface area contributed by atoms with Crippen LogP contribution in [-0.2, 0) is 23.9 Å². The number of nitrogens with one attached hydrogen (secondary N) is 1. The molecule has 0 atom stereocenters. The first-order valence-electron chi connectivity index (χ1n) is 8.16. The van der Waals surface area contributed by atoms with Crippen LogP contribution in [0.3, 0.4) is 0 Å². The van der Waals surface area contributed by atoms with Crippen LogP contribution in [0.5, 0.6) is 0 Å². The van der Waals surface area contributed by atoms with E-state index in [9.17, 15) is 18.0 Å². The molecule has 0 aliphatic carbocycles. The summed E-state index contributed by atoms with van der Waals surface area (Å²) in [6.07, 6.45) is 1.14. The lowest BCUT2D eigenvalue weighted by Gasteiger charge is -2.07. The molecule has 2 aromatic heterocycles. The first-order chi connectivity index (χ1) is 12.9. The van der Waals surface area contributed by atoms with Crippen LogP contribution in [0.4, 0.5) is 13.2 Å². The van der Waals surface area contributed by atoms with E-state index in [2.05, 4.69) is 20.6 Å². The predicted octanol–water partition coefficient (Wildman–Crippen LogP) is 2.93. The number of benzene rings is 1. The zero-order valence-corrected chi connectivity index (χ0v) is 14.1. The summed E-state index contributed by atoms with van der Waals surface area (Å²) in [6, 6.07) is 8.37. The molecule has 9 heteroatoms. The molecule has 0 saturated carbocycles. The van der Waals surface area contributed by atoms with Gasteiger partial charge in [-0.2, -0.15) is 13.2 Å². The Morgan fingerprint density at radius 2 is 1.78 bits per heavy atom. The van der Waals surface area contributed by atoms with Crippen LogP contribution in [0.15, 0.2) is 55.0 Å². The number of hydrogen-bond donors (Lipinski definition) is 1. The average Bonchev–Trinajstić information content (AvgIpc) is 3.14. The highest BCUT2D eigenvalue weighted by Crippen LogP contribution is 2.29. The quantitative estimate of drug-likeness (QED) is 0.719. The fraction of sp³-hybridized carbons (Fsp3) is 0.222. The Kier molecular flexibility index (Phi) is 5.49. The smallest absolute Gasteiger partial charge is 0.350 e. The van der Waals surface area contributed by atoms with Gasteiger partial charge in [-0.15, -0.1) is 5.10 Å². The summed E-state index contributed by atoms with van der Waals surface area (Å²) in [5.74, 6) is -0.214. The summed E-state index contributed by atoms with van der Waals surface area (Å²) in [5, 5.41) is 10.7. The van der Waals surface area contributed by atoms with E-state index in [-0.39, 0.29) is 18.9 Å². The molecule has 1 amide bonds. The van der Waals surface area contributed by atoms with E-state index < -0.39 is 11.7 Å². The van der Waals surface area contributed by atoms with E-state index in [1.165, 1.54) is 12.1 Å². The third kappa shape index (κ3) is 5.13. The minimum absolute atomic E-state index is 0.170. The number of rotatable bonds is 6. The largest absolute Gasteiger partial charge is 0.416 e. The monoisotopic (exact) mass is 375 g/mol. The van der Waals surface area contributed by atoms with E-state index in [4.69, 9.17) is 0 Å². The van der Waals surface area contributed by atoms with Crippen molar-refractivity contribution in [1.29, 1.82) is 0 Å². The molecule has 2 heterocycles. The standard InChI is InChI=1S/C18H16F3N5O/c19-18(20,21)14-4-1-13(2-5-14)3-6-17(27)23-11-15-12-26(25-24-15)16-7-9-22-10-8-16/h1-2,4-5,7-10,12H,3,6,11H2,(H,23,27). The van der Waals surface area contributed by atoms with Gasteiger partial charge in [0.2, 0.25) is 5.91 Å². The Hall–Kier alpha value is -3.23. The van der Waals surface area contributed by atoms with Crippen molar-refractivity contribution in [3.8, 4) is 5.69 Å². The topological polar surface area (TPSA) is 72.7 Å². The number of carbonyl (C=O) groups is 1. The molecule has 0 bridgehead atoms. The van der Waals surface area contributed by atoms with Crippen molar-refractivity contribution in [3.63, 3.8) is 0 Å². The van der Waals surface area contributed by atoms with Gasteiger partial charge in [0.25, 0.3) is 0 Å². The second-order valence-electron chi connectivity index (χ2n) is 5.83. The summed E-state index contributed by atoms with van der Waals surface area (Å²) in [5.41, 5.74) is 1.36. The number of amides is 1. The van der Waals surface area contributed by atoms with Gasteiger partial charge in [0.15, 0.2) is 0 Å². The molecular weight excluding hydrogens is 359 g/mol. The number of halogens is 3. The van der Waals surface area contributed by atoms with Crippen molar-refractivity contribution in [2.24, 2.45) is 0 Å². The Morgan fingerprint density at radius 1 is 1.07 bits per heavy atom. The fourth-order valence-electron chi connectivity index (χ4n) is 2.40. The molecule has 0 fully saturated rings.